The highest BCUT2D eigenvalue weighted by Crippen LogP contribution is 2.19. The van der Waals surface area contributed by atoms with E-state index in [1.807, 2.05) is 25.3 Å². The molecule has 0 bridgehead atoms. The highest BCUT2D eigenvalue weighted by molar-refractivity contribution is 7.98. The second-order valence-corrected chi connectivity index (χ2v) is 8.45. The fraction of sp³-hybridized carbons (Fsp3) is 0.600. The van der Waals surface area contributed by atoms with E-state index in [9.17, 15) is 8.42 Å². The molecular formula is C15H24ClNO2S2. The molecule has 1 aromatic rings. The summed E-state index contributed by atoms with van der Waals surface area (Å²) in [6.45, 7) is 1.95. The van der Waals surface area contributed by atoms with Gasteiger partial charge in [0.05, 0.1) is 4.90 Å². The van der Waals surface area contributed by atoms with Gasteiger partial charge in [-0.25, -0.2) is 8.42 Å². The summed E-state index contributed by atoms with van der Waals surface area (Å²) in [6, 6.07) is 7.13. The predicted octanol–water partition coefficient (Wildman–Crippen LogP) is 3.62. The van der Waals surface area contributed by atoms with Crippen molar-refractivity contribution in [2.75, 3.05) is 24.9 Å². The monoisotopic (exact) mass is 349 g/mol. The first-order chi connectivity index (χ1) is 9.93. The number of hydrogen-bond donors (Lipinski definition) is 0. The molecule has 1 unspecified atom stereocenters. The molecule has 0 N–H and O–H groups in total. The number of alkyl halides is 1. The summed E-state index contributed by atoms with van der Waals surface area (Å²) >= 11 is 7.40. The first kappa shape index (κ1) is 18.8. The van der Waals surface area contributed by atoms with E-state index in [2.05, 4.69) is 0 Å². The summed E-state index contributed by atoms with van der Waals surface area (Å²) in [5.74, 6) is 1.58. The van der Waals surface area contributed by atoms with Crippen LogP contribution in [0.5, 0.6) is 0 Å². The van der Waals surface area contributed by atoms with Gasteiger partial charge < -0.3 is 0 Å². The number of rotatable bonds is 9. The minimum absolute atomic E-state index is 0.00150. The molecule has 6 heteroatoms. The molecule has 0 fully saturated rings. The lowest BCUT2D eigenvalue weighted by atomic mass is 10.1. The molecule has 0 aliphatic rings. The molecule has 21 heavy (non-hydrogen) atoms. The van der Waals surface area contributed by atoms with Crippen LogP contribution in [0.2, 0.25) is 0 Å². The Balaban J connectivity index is 2.81. The quantitative estimate of drug-likeness (QED) is 0.639. The Morgan fingerprint density at radius 2 is 1.90 bits per heavy atom. The molecular weight excluding hydrogens is 326 g/mol. The van der Waals surface area contributed by atoms with E-state index in [1.165, 1.54) is 4.31 Å². The molecule has 0 radical (unpaired) electrons. The van der Waals surface area contributed by atoms with E-state index in [-0.39, 0.29) is 6.04 Å². The minimum atomic E-state index is -3.41. The summed E-state index contributed by atoms with van der Waals surface area (Å²) in [5, 5.41) is 0. The van der Waals surface area contributed by atoms with Crippen LogP contribution in [-0.4, -0.2) is 43.7 Å². The summed E-state index contributed by atoms with van der Waals surface area (Å²) in [5.41, 5.74) is 1.12. The minimum Gasteiger partial charge on any atom is -0.207 e. The molecule has 3 nitrogen and oxygen atoms in total. The van der Waals surface area contributed by atoms with Crippen molar-refractivity contribution in [3.05, 3.63) is 29.8 Å². The Morgan fingerprint density at radius 1 is 1.29 bits per heavy atom. The maximum Gasteiger partial charge on any atom is 0.243 e. The van der Waals surface area contributed by atoms with Crippen LogP contribution in [0.25, 0.3) is 0 Å². The van der Waals surface area contributed by atoms with Crippen LogP contribution >= 0.6 is 23.4 Å². The molecule has 0 saturated carbocycles. The predicted molar refractivity (Wildman–Crippen MR) is 92.9 cm³/mol. The molecule has 0 aliphatic heterocycles. The number of halogens is 1. The fourth-order valence-corrected chi connectivity index (χ4v) is 4.07. The van der Waals surface area contributed by atoms with E-state index in [1.54, 1.807) is 30.9 Å². The van der Waals surface area contributed by atoms with Gasteiger partial charge in [-0.05, 0) is 55.9 Å². The number of benzene rings is 1. The largest absolute Gasteiger partial charge is 0.243 e. The number of hydrogen-bond acceptors (Lipinski definition) is 3. The zero-order valence-corrected chi connectivity index (χ0v) is 15.3. The Hall–Kier alpha value is -0.230. The highest BCUT2D eigenvalue weighted by Gasteiger charge is 2.24. The van der Waals surface area contributed by atoms with Crippen molar-refractivity contribution >= 4 is 33.4 Å². The molecule has 0 amide bonds. The average Bonchev–Trinajstić information content (AvgIpc) is 2.50. The third-order valence-electron chi connectivity index (χ3n) is 3.56. The molecule has 1 aromatic carbocycles. The van der Waals surface area contributed by atoms with Gasteiger partial charge in [-0.15, -0.1) is 11.6 Å². The van der Waals surface area contributed by atoms with E-state index in [0.29, 0.717) is 10.8 Å². The van der Waals surface area contributed by atoms with Crippen LogP contribution in [0.3, 0.4) is 0 Å². The first-order valence-corrected chi connectivity index (χ1v) is 10.4. The zero-order valence-electron chi connectivity index (χ0n) is 12.9. The maximum absolute atomic E-state index is 12.6. The van der Waals surface area contributed by atoms with Gasteiger partial charge in [0.1, 0.15) is 0 Å². The van der Waals surface area contributed by atoms with Crippen molar-refractivity contribution < 1.29 is 8.42 Å². The highest BCUT2D eigenvalue weighted by atomic mass is 35.5. The van der Waals surface area contributed by atoms with Crippen molar-refractivity contribution in [1.82, 2.24) is 4.31 Å². The van der Waals surface area contributed by atoms with Gasteiger partial charge >= 0.3 is 0 Å². The normalized spacial score (nSPS) is 13.6. The van der Waals surface area contributed by atoms with Crippen LogP contribution in [0, 0.1) is 0 Å². The van der Waals surface area contributed by atoms with Gasteiger partial charge in [0, 0.05) is 19.0 Å². The van der Waals surface area contributed by atoms with Crippen molar-refractivity contribution in [2.24, 2.45) is 0 Å². The topological polar surface area (TPSA) is 37.4 Å². The van der Waals surface area contributed by atoms with Crippen molar-refractivity contribution in [1.29, 1.82) is 0 Å². The van der Waals surface area contributed by atoms with Gasteiger partial charge in [0.15, 0.2) is 0 Å². The molecule has 0 heterocycles. The summed E-state index contributed by atoms with van der Waals surface area (Å²) < 4.78 is 26.6. The number of aryl methyl sites for hydroxylation is 1. The van der Waals surface area contributed by atoms with Gasteiger partial charge in [-0.2, -0.15) is 16.1 Å². The molecule has 0 saturated heterocycles. The molecule has 1 rings (SSSR count). The molecule has 0 aliphatic carbocycles. The summed E-state index contributed by atoms with van der Waals surface area (Å²) in [7, 11) is -1.75. The number of sulfonamides is 1. The van der Waals surface area contributed by atoms with Crippen molar-refractivity contribution in [3.8, 4) is 0 Å². The van der Waals surface area contributed by atoms with Gasteiger partial charge in [-0.3, -0.25) is 0 Å². The lowest BCUT2D eigenvalue weighted by Crippen LogP contribution is -2.35. The SMILES string of the molecule is CSCCC(C)N(C)S(=O)(=O)c1ccc(CCCCl)cc1. The third kappa shape index (κ3) is 5.47. The van der Waals surface area contributed by atoms with Gasteiger partial charge in [-0.1, -0.05) is 12.1 Å². The molecule has 1 atom stereocenters. The first-order valence-electron chi connectivity index (χ1n) is 7.05. The Morgan fingerprint density at radius 3 is 2.43 bits per heavy atom. The average molecular weight is 350 g/mol. The van der Waals surface area contributed by atoms with Crippen LogP contribution in [0.15, 0.2) is 29.2 Å². The van der Waals surface area contributed by atoms with Crippen LogP contribution in [0.1, 0.15) is 25.3 Å². The van der Waals surface area contributed by atoms with Crippen molar-refractivity contribution in [3.63, 3.8) is 0 Å². The number of thioether (sulfide) groups is 1. The maximum atomic E-state index is 12.6. The molecule has 0 spiro atoms. The van der Waals surface area contributed by atoms with Gasteiger partial charge in [0.25, 0.3) is 0 Å². The second-order valence-electron chi connectivity index (χ2n) is 5.09. The lowest BCUT2D eigenvalue weighted by molar-refractivity contribution is 0.382. The summed E-state index contributed by atoms with van der Waals surface area (Å²) in [4.78, 5) is 0.357. The van der Waals surface area contributed by atoms with Crippen LogP contribution < -0.4 is 0 Å². The standard InChI is InChI=1S/C15H24ClNO2S2/c1-13(10-12-20-3)17(2)21(18,19)15-8-6-14(7-9-15)5-4-11-16/h6-9,13H,4-5,10-12H2,1-3H3. The number of nitrogens with zero attached hydrogens (tertiary/aromatic N) is 1. The van der Waals surface area contributed by atoms with Crippen LogP contribution in [0.4, 0.5) is 0 Å². The third-order valence-corrected chi connectivity index (χ3v) is 6.46. The lowest BCUT2D eigenvalue weighted by Gasteiger charge is -2.24. The Labute approximate surface area is 138 Å². The molecule has 0 aromatic heterocycles. The van der Waals surface area contributed by atoms with E-state index in [4.69, 9.17) is 11.6 Å². The Bertz CT molecular complexity index is 517. The van der Waals surface area contributed by atoms with Crippen LogP contribution in [-0.2, 0) is 16.4 Å². The van der Waals surface area contributed by atoms with Crippen molar-refractivity contribution in [2.45, 2.75) is 37.1 Å². The Kier molecular flexibility index (Phi) is 8.09. The van der Waals surface area contributed by atoms with E-state index >= 15 is 0 Å². The molecule has 120 valence electrons. The zero-order chi connectivity index (χ0) is 15.9. The van der Waals surface area contributed by atoms with E-state index in [0.717, 1.165) is 30.6 Å². The van der Waals surface area contributed by atoms with E-state index < -0.39 is 10.0 Å². The van der Waals surface area contributed by atoms with Gasteiger partial charge in [0.2, 0.25) is 10.0 Å². The smallest absolute Gasteiger partial charge is 0.207 e. The summed E-state index contributed by atoms with van der Waals surface area (Å²) in [6.07, 6.45) is 4.66. The second kappa shape index (κ2) is 9.03. The fourth-order valence-electron chi connectivity index (χ4n) is 1.97.